The van der Waals surface area contributed by atoms with Gasteiger partial charge in [-0.05, 0) is 66.6 Å². The van der Waals surface area contributed by atoms with Gasteiger partial charge in [0.2, 0.25) is 5.91 Å². The number of benzene rings is 4. The molecule has 3 amide bonds. The molecule has 9 heteroatoms. The van der Waals surface area contributed by atoms with Crippen LogP contribution in [0.25, 0.3) is 6.08 Å². The second-order valence-electron chi connectivity index (χ2n) is 8.65. The standard InChI is InChI=1S/C31H25Cl2N3O3S/c1-20-9-5-6-12-22(20)17-27(36-30(38)21-10-3-2-4-11-21)31(39)34-23-13-7-14-24(18-23)40-19-28(37)35-26-16-8-15-25(32)29(26)33/h2-18H,19H2,1H3,(H,34,39)(H,35,37)(H,36,38)/b27-17-. The minimum atomic E-state index is -0.483. The van der Waals surface area contributed by atoms with Gasteiger partial charge in [0.15, 0.2) is 0 Å². The fourth-order valence-electron chi connectivity index (χ4n) is 3.64. The van der Waals surface area contributed by atoms with Crippen molar-refractivity contribution in [2.45, 2.75) is 11.8 Å². The van der Waals surface area contributed by atoms with Crippen molar-refractivity contribution in [1.29, 1.82) is 0 Å². The molecule has 0 spiro atoms. The number of hydrogen-bond acceptors (Lipinski definition) is 4. The van der Waals surface area contributed by atoms with Gasteiger partial charge in [-0.25, -0.2) is 0 Å². The second kappa shape index (κ2) is 13.8. The number of halogens is 2. The van der Waals surface area contributed by atoms with Crippen LogP contribution >= 0.6 is 35.0 Å². The number of carbonyl (C=O) groups excluding carboxylic acids is 3. The number of hydrogen-bond donors (Lipinski definition) is 3. The van der Waals surface area contributed by atoms with Crippen LogP contribution in [-0.4, -0.2) is 23.5 Å². The Kier molecular flexibility index (Phi) is 10.0. The fraction of sp³-hybridized carbons (Fsp3) is 0.0645. The molecule has 0 unspecified atom stereocenters. The summed E-state index contributed by atoms with van der Waals surface area (Å²) in [4.78, 5) is 39.5. The van der Waals surface area contributed by atoms with E-state index in [1.165, 1.54) is 11.8 Å². The lowest BCUT2D eigenvalue weighted by Gasteiger charge is -2.13. The molecule has 0 aliphatic carbocycles. The molecular formula is C31H25Cl2N3O3S. The van der Waals surface area contributed by atoms with E-state index in [2.05, 4.69) is 16.0 Å². The molecule has 3 N–H and O–H groups in total. The zero-order valence-electron chi connectivity index (χ0n) is 21.4. The summed E-state index contributed by atoms with van der Waals surface area (Å²) in [6.45, 7) is 1.93. The number of amides is 3. The van der Waals surface area contributed by atoms with Crippen LogP contribution in [0, 0.1) is 6.92 Å². The molecular weight excluding hydrogens is 565 g/mol. The lowest BCUT2D eigenvalue weighted by atomic mass is 10.1. The highest BCUT2D eigenvalue weighted by Gasteiger charge is 2.16. The summed E-state index contributed by atoms with van der Waals surface area (Å²) in [5, 5.41) is 8.98. The summed E-state index contributed by atoms with van der Waals surface area (Å²) >= 11 is 13.5. The molecule has 0 aliphatic heterocycles. The van der Waals surface area contributed by atoms with E-state index >= 15 is 0 Å². The van der Waals surface area contributed by atoms with Crippen molar-refractivity contribution in [3.8, 4) is 0 Å². The molecule has 202 valence electrons. The topological polar surface area (TPSA) is 87.3 Å². The third-order valence-electron chi connectivity index (χ3n) is 5.70. The van der Waals surface area contributed by atoms with E-state index in [-0.39, 0.29) is 22.4 Å². The van der Waals surface area contributed by atoms with E-state index in [1.807, 2.05) is 43.3 Å². The summed E-state index contributed by atoms with van der Waals surface area (Å²) < 4.78 is 0. The first-order valence-electron chi connectivity index (χ1n) is 12.2. The lowest BCUT2D eigenvalue weighted by Crippen LogP contribution is -2.30. The largest absolute Gasteiger partial charge is 0.324 e. The van der Waals surface area contributed by atoms with Gasteiger partial charge < -0.3 is 16.0 Å². The van der Waals surface area contributed by atoms with E-state index in [4.69, 9.17) is 23.2 Å². The number of carbonyl (C=O) groups is 3. The maximum atomic E-state index is 13.3. The molecule has 0 heterocycles. The predicted octanol–water partition coefficient (Wildman–Crippen LogP) is 7.44. The molecule has 0 fully saturated rings. The molecule has 4 aromatic carbocycles. The van der Waals surface area contributed by atoms with Crippen molar-refractivity contribution in [1.82, 2.24) is 5.32 Å². The van der Waals surface area contributed by atoms with Crippen LogP contribution < -0.4 is 16.0 Å². The number of anilines is 2. The summed E-state index contributed by atoms with van der Waals surface area (Å²) in [5.41, 5.74) is 3.23. The molecule has 0 radical (unpaired) electrons. The van der Waals surface area contributed by atoms with Crippen LogP contribution in [0.2, 0.25) is 10.0 Å². The number of nitrogens with one attached hydrogen (secondary N) is 3. The van der Waals surface area contributed by atoms with Gasteiger partial charge >= 0.3 is 0 Å². The molecule has 0 saturated carbocycles. The Labute approximate surface area is 246 Å². The molecule has 4 rings (SSSR count). The number of aryl methyl sites for hydroxylation is 1. The minimum Gasteiger partial charge on any atom is -0.324 e. The maximum Gasteiger partial charge on any atom is 0.272 e. The first kappa shape index (κ1) is 29.0. The monoisotopic (exact) mass is 589 g/mol. The summed E-state index contributed by atoms with van der Waals surface area (Å²) in [5.74, 6) is -1.02. The highest BCUT2D eigenvalue weighted by molar-refractivity contribution is 8.00. The average Bonchev–Trinajstić information content (AvgIpc) is 2.96. The lowest BCUT2D eigenvalue weighted by molar-refractivity contribution is -0.114. The zero-order chi connectivity index (χ0) is 28.5. The summed E-state index contributed by atoms with van der Waals surface area (Å²) in [6.07, 6.45) is 1.65. The molecule has 6 nitrogen and oxygen atoms in total. The van der Waals surface area contributed by atoms with Gasteiger partial charge in [-0.1, -0.05) is 77.8 Å². The van der Waals surface area contributed by atoms with Crippen molar-refractivity contribution >= 4 is 70.1 Å². The van der Waals surface area contributed by atoms with Gasteiger partial charge in [0.25, 0.3) is 11.8 Å². The van der Waals surface area contributed by atoms with E-state index < -0.39 is 11.8 Å². The Morgan fingerprint density at radius 3 is 2.33 bits per heavy atom. The molecule has 0 bridgehead atoms. The Morgan fingerprint density at radius 1 is 0.825 bits per heavy atom. The molecule has 0 saturated heterocycles. The average molecular weight is 591 g/mol. The van der Waals surface area contributed by atoms with Gasteiger partial charge in [0.1, 0.15) is 5.70 Å². The van der Waals surface area contributed by atoms with Gasteiger partial charge in [0, 0.05) is 16.1 Å². The van der Waals surface area contributed by atoms with E-state index in [0.717, 1.165) is 16.0 Å². The first-order chi connectivity index (χ1) is 19.3. The van der Waals surface area contributed by atoms with Crippen LogP contribution in [0.1, 0.15) is 21.5 Å². The first-order valence-corrected chi connectivity index (χ1v) is 14.0. The fourth-order valence-corrected chi connectivity index (χ4v) is 4.75. The summed E-state index contributed by atoms with van der Waals surface area (Å²) in [6, 6.07) is 28.4. The van der Waals surface area contributed by atoms with E-state index in [9.17, 15) is 14.4 Å². The van der Waals surface area contributed by atoms with Gasteiger partial charge in [0.05, 0.1) is 21.5 Å². The van der Waals surface area contributed by atoms with E-state index in [0.29, 0.717) is 22.0 Å². The number of rotatable bonds is 9. The van der Waals surface area contributed by atoms with Gasteiger partial charge in [-0.15, -0.1) is 11.8 Å². The molecule has 40 heavy (non-hydrogen) atoms. The molecule has 0 aromatic heterocycles. The van der Waals surface area contributed by atoms with Crippen molar-refractivity contribution in [2.75, 3.05) is 16.4 Å². The van der Waals surface area contributed by atoms with Crippen molar-refractivity contribution in [2.24, 2.45) is 0 Å². The smallest absolute Gasteiger partial charge is 0.272 e. The normalized spacial score (nSPS) is 11.0. The summed E-state index contributed by atoms with van der Waals surface area (Å²) in [7, 11) is 0. The minimum absolute atomic E-state index is 0.0963. The van der Waals surface area contributed by atoms with Crippen LogP contribution in [0.3, 0.4) is 0 Å². The molecule has 4 aromatic rings. The van der Waals surface area contributed by atoms with Crippen LogP contribution in [0.15, 0.2) is 108 Å². The molecule has 0 atom stereocenters. The third-order valence-corrected chi connectivity index (χ3v) is 7.52. The van der Waals surface area contributed by atoms with Crippen LogP contribution in [0.5, 0.6) is 0 Å². The SMILES string of the molecule is Cc1ccccc1/C=C(\NC(=O)c1ccccc1)C(=O)Nc1cccc(SCC(=O)Nc2cccc(Cl)c2Cl)c1. The Bertz CT molecular complexity index is 1580. The van der Waals surface area contributed by atoms with E-state index in [1.54, 1.807) is 66.7 Å². The quantitative estimate of drug-likeness (QED) is 0.140. The Hall–Kier alpha value is -4.04. The predicted molar refractivity (Wildman–Crippen MR) is 164 cm³/mol. The van der Waals surface area contributed by atoms with Crippen LogP contribution in [-0.2, 0) is 9.59 Å². The van der Waals surface area contributed by atoms with Gasteiger partial charge in [-0.3, -0.25) is 14.4 Å². The zero-order valence-corrected chi connectivity index (χ0v) is 23.7. The van der Waals surface area contributed by atoms with Crippen molar-refractivity contribution < 1.29 is 14.4 Å². The maximum absolute atomic E-state index is 13.3. The van der Waals surface area contributed by atoms with Crippen molar-refractivity contribution in [3.63, 3.8) is 0 Å². The van der Waals surface area contributed by atoms with Crippen molar-refractivity contribution in [3.05, 3.63) is 129 Å². The third kappa shape index (κ3) is 7.99. The molecule has 0 aliphatic rings. The highest BCUT2D eigenvalue weighted by atomic mass is 35.5. The Balaban J connectivity index is 1.46. The Morgan fingerprint density at radius 2 is 1.55 bits per heavy atom. The van der Waals surface area contributed by atoms with Crippen LogP contribution in [0.4, 0.5) is 11.4 Å². The number of thioether (sulfide) groups is 1. The van der Waals surface area contributed by atoms with Gasteiger partial charge in [-0.2, -0.15) is 0 Å². The second-order valence-corrected chi connectivity index (χ2v) is 10.5. The highest BCUT2D eigenvalue weighted by Crippen LogP contribution is 2.30.